The quantitative estimate of drug-likeness (QED) is 0.805. The highest BCUT2D eigenvalue weighted by molar-refractivity contribution is 9.10. The molecule has 0 aliphatic carbocycles. The van der Waals surface area contributed by atoms with Crippen LogP contribution >= 0.6 is 15.9 Å². The fourth-order valence-electron chi connectivity index (χ4n) is 1.65. The Balaban J connectivity index is 2.71. The maximum Gasteiger partial charge on any atom is 0.152 e. The molecule has 0 spiro atoms. The number of aryl methyl sites for hydroxylation is 1. The molecule has 0 N–H and O–H groups in total. The molecule has 1 aromatic heterocycles. The SMILES string of the molecule is CCCc1cc(Br)c2cc(F)cc(F)c2n1. The number of aromatic nitrogens is 1. The summed E-state index contributed by atoms with van der Waals surface area (Å²) in [7, 11) is 0. The molecule has 0 amide bonds. The zero-order chi connectivity index (χ0) is 11.7. The van der Waals surface area contributed by atoms with Gasteiger partial charge in [0.05, 0.1) is 0 Å². The first-order valence-corrected chi connectivity index (χ1v) is 5.85. The van der Waals surface area contributed by atoms with Gasteiger partial charge in [-0.15, -0.1) is 0 Å². The number of nitrogens with zero attached hydrogens (tertiary/aromatic N) is 1. The molecule has 0 aliphatic rings. The minimum atomic E-state index is -0.617. The predicted molar refractivity (Wildman–Crippen MR) is 63.4 cm³/mol. The fourth-order valence-corrected chi connectivity index (χ4v) is 2.21. The molecule has 0 aliphatic heterocycles. The van der Waals surface area contributed by atoms with Crippen molar-refractivity contribution >= 4 is 26.8 Å². The third-order valence-electron chi connectivity index (χ3n) is 2.34. The van der Waals surface area contributed by atoms with Crippen molar-refractivity contribution in [3.05, 3.63) is 40.0 Å². The average Bonchev–Trinajstić information content (AvgIpc) is 2.20. The number of pyridine rings is 1. The van der Waals surface area contributed by atoms with Gasteiger partial charge in [-0.3, -0.25) is 0 Å². The van der Waals surface area contributed by atoms with E-state index in [0.717, 1.165) is 24.6 Å². The summed E-state index contributed by atoms with van der Waals surface area (Å²) in [5, 5.41) is 0.470. The van der Waals surface area contributed by atoms with Crippen molar-refractivity contribution < 1.29 is 8.78 Å². The van der Waals surface area contributed by atoms with Crippen LogP contribution in [0, 0.1) is 11.6 Å². The lowest BCUT2D eigenvalue weighted by Crippen LogP contribution is -1.94. The molecule has 84 valence electrons. The Hall–Kier alpha value is -1.03. The summed E-state index contributed by atoms with van der Waals surface area (Å²) in [5.74, 6) is -1.20. The van der Waals surface area contributed by atoms with Crippen molar-refractivity contribution in [1.29, 1.82) is 0 Å². The molecule has 4 heteroatoms. The summed E-state index contributed by atoms with van der Waals surface area (Å²) >= 11 is 3.31. The van der Waals surface area contributed by atoms with Crippen LogP contribution in [-0.4, -0.2) is 4.98 Å². The monoisotopic (exact) mass is 285 g/mol. The van der Waals surface area contributed by atoms with Crippen LogP contribution < -0.4 is 0 Å². The first-order chi connectivity index (χ1) is 7.61. The van der Waals surface area contributed by atoms with Crippen LogP contribution in [-0.2, 0) is 6.42 Å². The van der Waals surface area contributed by atoms with Crippen LogP contribution in [0.2, 0.25) is 0 Å². The summed E-state index contributed by atoms with van der Waals surface area (Å²) in [6, 6.07) is 3.95. The summed E-state index contributed by atoms with van der Waals surface area (Å²) in [4.78, 5) is 4.19. The maximum absolute atomic E-state index is 13.5. The number of benzene rings is 1. The van der Waals surface area contributed by atoms with E-state index < -0.39 is 11.6 Å². The van der Waals surface area contributed by atoms with Gasteiger partial charge in [0.15, 0.2) is 5.82 Å². The highest BCUT2D eigenvalue weighted by Gasteiger charge is 2.10. The molecule has 0 atom stereocenters. The van der Waals surface area contributed by atoms with E-state index in [1.54, 1.807) is 0 Å². The molecular weight excluding hydrogens is 276 g/mol. The molecule has 2 rings (SSSR count). The molecule has 16 heavy (non-hydrogen) atoms. The maximum atomic E-state index is 13.5. The standard InChI is InChI=1S/C12H10BrF2N/c1-2-3-8-6-10(13)9-4-7(14)5-11(15)12(9)16-8/h4-6H,2-3H2,1H3. The smallest absolute Gasteiger partial charge is 0.152 e. The Morgan fingerprint density at radius 2 is 2.00 bits per heavy atom. The molecule has 1 heterocycles. The number of rotatable bonds is 2. The second-order valence-corrected chi connectivity index (χ2v) is 4.48. The summed E-state index contributed by atoms with van der Waals surface area (Å²) < 4.78 is 27.2. The van der Waals surface area contributed by atoms with Crippen LogP contribution in [0.3, 0.4) is 0 Å². The number of fused-ring (bicyclic) bond motifs is 1. The summed E-state index contributed by atoms with van der Waals surface area (Å²) in [6.45, 7) is 2.03. The van der Waals surface area contributed by atoms with Gasteiger partial charge in [-0.05, 0) is 18.6 Å². The number of hydrogen-bond donors (Lipinski definition) is 0. The molecule has 0 bridgehead atoms. The lowest BCUT2D eigenvalue weighted by Gasteiger charge is -2.05. The normalized spacial score (nSPS) is 11.0. The summed E-state index contributed by atoms with van der Waals surface area (Å²) in [6.07, 6.45) is 1.72. The van der Waals surface area contributed by atoms with E-state index in [4.69, 9.17) is 0 Å². The zero-order valence-electron chi connectivity index (χ0n) is 8.73. The zero-order valence-corrected chi connectivity index (χ0v) is 10.3. The van der Waals surface area contributed by atoms with Gasteiger partial charge in [0.25, 0.3) is 0 Å². The predicted octanol–water partition coefficient (Wildman–Crippen LogP) is 4.23. The highest BCUT2D eigenvalue weighted by Crippen LogP contribution is 2.26. The Morgan fingerprint density at radius 3 is 2.69 bits per heavy atom. The van der Waals surface area contributed by atoms with Gasteiger partial charge in [0, 0.05) is 21.6 Å². The molecule has 0 saturated heterocycles. The number of halogens is 3. The molecule has 1 aromatic carbocycles. The van der Waals surface area contributed by atoms with Crippen molar-refractivity contribution in [3.8, 4) is 0 Å². The second-order valence-electron chi connectivity index (χ2n) is 3.63. The molecule has 0 radical (unpaired) electrons. The van der Waals surface area contributed by atoms with Gasteiger partial charge in [0.2, 0.25) is 0 Å². The average molecular weight is 286 g/mol. The first-order valence-electron chi connectivity index (χ1n) is 5.06. The van der Waals surface area contributed by atoms with E-state index in [2.05, 4.69) is 20.9 Å². The highest BCUT2D eigenvalue weighted by atomic mass is 79.9. The van der Waals surface area contributed by atoms with E-state index in [0.29, 0.717) is 9.86 Å². The molecular formula is C12H10BrF2N. The molecule has 0 unspecified atom stereocenters. The van der Waals surface area contributed by atoms with Crippen LogP contribution in [0.25, 0.3) is 10.9 Å². The van der Waals surface area contributed by atoms with Gasteiger partial charge >= 0.3 is 0 Å². The minimum Gasteiger partial charge on any atom is -0.250 e. The Bertz CT molecular complexity index is 540. The third-order valence-corrected chi connectivity index (χ3v) is 3.00. The van der Waals surface area contributed by atoms with E-state index in [1.165, 1.54) is 6.07 Å². The third kappa shape index (κ3) is 2.07. The molecule has 2 aromatic rings. The van der Waals surface area contributed by atoms with E-state index >= 15 is 0 Å². The molecule has 0 saturated carbocycles. The van der Waals surface area contributed by atoms with Crippen molar-refractivity contribution in [3.63, 3.8) is 0 Å². The topological polar surface area (TPSA) is 12.9 Å². The van der Waals surface area contributed by atoms with Gasteiger partial charge < -0.3 is 0 Å². The Kier molecular flexibility index (Phi) is 3.19. The van der Waals surface area contributed by atoms with Gasteiger partial charge in [-0.1, -0.05) is 29.3 Å². The van der Waals surface area contributed by atoms with E-state index in [1.807, 2.05) is 13.0 Å². The Labute approximate surface area is 101 Å². The molecule has 1 nitrogen and oxygen atoms in total. The fraction of sp³-hybridized carbons (Fsp3) is 0.250. The number of hydrogen-bond acceptors (Lipinski definition) is 1. The van der Waals surface area contributed by atoms with Gasteiger partial charge in [-0.2, -0.15) is 0 Å². The van der Waals surface area contributed by atoms with Crippen LogP contribution in [0.1, 0.15) is 19.0 Å². The van der Waals surface area contributed by atoms with Crippen LogP contribution in [0.15, 0.2) is 22.7 Å². The van der Waals surface area contributed by atoms with Crippen LogP contribution in [0.5, 0.6) is 0 Å². The van der Waals surface area contributed by atoms with Gasteiger partial charge in [-0.25, -0.2) is 13.8 Å². The summed E-state index contributed by atoms with van der Waals surface area (Å²) in [5.41, 5.74) is 1.03. The van der Waals surface area contributed by atoms with E-state index in [9.17, 15) is 8.78 Å². The lowest BCUT2D eigenvalue weighted by atomic mass is 10.1. The van der Waals surface area contributed by atoms with Gasteiger partial charge in [0.1, 0.15) is 11.3 Å². The largest absolute Gasteiger partial charge is 0.250 e. The second kappa shape index (κ2) is 4.45. The Morgan fingerprint density at radius 1 is 1.25 bits per heavy atom. The van der Waals surface area contributed by atoms with Crippen LogP contribution in [0.4, 0.5) is 8.78 Å². The van der Waals surface area contributed by atoms with E-state index in [-0.39, 0.29) is 5.52 Å². The van der Waals surface area contributed by atoms with Crippen molar-refractivity contribution in [2.75, 3.05) is 0 Å². The van der Waals surface area contributed by atoms with Crippen molar-refractivity contribution in [1.82, 2.24) is 4.98 Å². The molecule has 0 fully saturated rings. The minimum absolute atomic E-state index is 0.222. The lowest BCUT2D eigenvalue weighted by molar-refractivity contribution is 0.590. The van der Waals surface area contributed by atoms with Crippen molar-refractivity contribution in [2.45, 2.75) is 19.8 Å². The first kappa shape index (κ1) is 11.5. The van der Waals surface area contributed by atoms with Crippen molar-refractivity contribution in [2.24, 2.45) is 0 Å².